The van der Waals surface area contributed by atoms with Gasteiger partial charge in [-0.2, -0.15) is 4.98 Å². The first-order valence-electron chi connectivity index (χ1n) is 2.84. The molecule has 5 nitrogen and oxygen atoms in total. The first-order chi connectivity index (χ1) is 5.47. The van der Waals surface area contributed by atoms with Gasteiger partial charge in [0.25, 0.3) is 12.0 Å². The minimum Gasteiger partial charge on any atom is -0.512 e. The third kappa shape index (κ3) is 1.30. The average Bonchev–Trinajstić information content (AvgIpc) is 2.55. The van der Waals surface area contributed by atoms with Gasteiger partial charge in [0.05, 0.1) is 6.33 Å². The molecule has 0 fully saturated rings. The van der Waals surface area contributed by atoms with Gasteiger partial charge in [0.1, 0.15) is 6.20 Å². The van der Waals surface area contributed by atoms with E-state index in [0.29, 0.717) is 0 Å². The molecule has 2 rings (SSSR count). The van der Waals surface area contributed by atoms with Gasteiger partial charge < -0.3 is 16.8 Å². The van der Waals surface area contributed by atoms with E-state index >= 15 is 0 Å². The van der Waals surface area contributed by atoms with Crippen molar-refractivity contribution in [2.75, 3.05) is 0 Å². The van der Waals surface area contributed by atoms with E-state index in [9.17, 15) is 0 Å². The highest BCUT2D eigenvalue weighted by atomic mass is 15.0. The molecule has 0 aliphatic rings. The van der Waals surface area contributed by atoms with Gasteiger partial charge >= 0.3 is 0 Å². The molecular formula is C6H5N5. The van der Waals surface area contributed by atoms with Gasteiger partial charge in [-0.15, -0.1) is 0 Å². The summed E-state index contributed by atoms with van der Waals surface area (Å²) >= 11 is 0. The molecule has 0 aliphatic carbocycles. The van der Waals surface area contributed by atoms with Gasteiger partial charge in [0, 0.05) is 0 Å². The van der Waals surface area contributed by atoms with Crippen molar-refractivity contribution in [1.29, 1.82) is 5.26 Å². The van der Waals surface area contributed by atoms with E-state index in [-0.39, 0.29) is 0 Å². The number of aromatic amines is 2. The van der Waals surface area contributed by atoms with Crippen LogP contribution in [0.15, 0.2) is 18.9 Å². The Labute approximate surface area is 62.7 Å². The lowest BCUT2D eigenvalue weighted by Crippen LogP contribution is -1.99. The Morgan fingerprint density at radius 2 is 2.27 bits per heavy atom. The van der Waals surface area contributed by atoms with Gasteiger partial charge in [-0.05, 0) is 4.98 Å². The molecule has 0 bridgehead atoms. The maximum atomic E-state index is 6.25. The Hall–Kier alpha value is -1.96. The van der Waals surface area contributed by atoms with Crippen molar-refractivity contribution < 1.29 is 4.98 Å². The van der Waals surface area contributed by atoms with Crippen molar-refractivity contribution in [1.82, 2.24) is 15.0 Å². The van der Waals surface area contributed by atoms with Gasteiger partial charge in [0.2, 0.25) is 0 Å². The highest BCUT2D eigenvalue weighted by molar-refractivity contribution is 5.66. The Morgan fingerprint density at radius 1 is 1.45 bits per heavy atom. The molecule has 0 unspecified atom stereocenters. The number of imidazole rings is 1. The summed E-state index contributed by atoms with van der Waals surface area (Å²) in [5.74, 6) is 0. The molecular weight excluding hydrogens is 142 g/mol. The van der Waals surface area contributed by atoms with Crippen LogP contribution in [0.1, 0.15) is 0 Å². The lowest BCUT2D eigenvalue weighted by Gasteiger charge is -1.72. The molecule has 2 aromatic heterocycles. The molecule has 0 aliphatic heterocycles. The third-order valence-electron chi connectivity index (χ3n) is 1.14. The SMILES string of the molecule is [C-]#N.c1nc2nc[nH+]cc2[nH]1. The first-order valence-corrected chi connectivity index (χ1v) is 2.84. The molecule has 0 atom stereocenters. The van der Waals surface area contributed by atoms with Gasteiger partial charge in [-0.25, -0.2) is 4.98 Å². The van der Waals surface area contributed by atoms with E-state index in [1.807, 2.05) is 6.20 Å². The normalized spacial score (nSPS) is 8.55. The summed E-state index contributed by atoms with van der Waals surface area (Å²) in [7, 11) is 0. The quantitative estimate of drug-likeness (QED) is 0.527. The lowest BCUT2D eigenvalue weighted by molar-refractivity contribution is -0.380. The van der Waals surface area contributed by atoms with Crippen LogP contribution in [0.4, 0.5) is 0 Å². The van der Waals surface area contributed by atoms with E-state index in [1.54, 1.807) is 12.7 Å². The van der Waals surface area contributed by atoms with Crippen molar-refractivity contribution in [3.8, 4) is 0 Å². The fourth-order valence-electron chi connectivity index (χ4n) is 0.725. The lowest BCUT2D eigenvalue weighted by atomic mass is 10.6. The summed E-state index contributed by atoms with van der Waals surface area (Å²) in [5.41, 5.74) is 1.67. The predicted molar refractivity (Wildman–Crippen MR) is 35.4 cm³/mol. The molecule has 2 aromatic rings. The number of hydrogen-bond donors (Lipinski definition) is 1. The molecule has 0 amide bonds. The minimum absolute atomic E-state index is 0.744. The second-order valence-corrected chi connectivity index (χ2v) is 1.71. The van der Waals surface area contributed by atoms with Crippen LogP contribution in [-0.4, -0.2) is 15.0 Å². The fourth-order valence-corrected chi connectivity index (χ4v) is 0.725. The highest BCUT2D eigenvalue weighted by Crippen LogP contribution is 1.97. The zero-order chi connectivity index (χ0) is 8.10. The second kappa shape index (κ2) is 3.27. The number of nitrogens with zero attached hydrogens (tertiary/aromatic N) is 3. The van der Waals surface area contributed by atoms with Crippen LogP contribution >= 0.6 is 0 Å². The van der Waals surface area contributed by atoms with Gasteiger partial charge in [0.15, 0.2) is 5.52 Å². The molecule has 0 saturated heterocycles. The van der Waals surface area contributed by atoms with Crippen LogP contribution in [0, 0.1) is 11.8 Å². The van der Waals surface area contributed by atoms with Crippen LogP contribution in [0.3, 0.4) is 0 Å². The topological polar surface area (TPSA) is 79.5 Å². The van der Waals surface area contributed by atoms with Gasteiger partial charge in [-0.1, -0.05) is 0 Å². The Balaban J connectivity index is 0.000000281. The maximum absolute atomic E-state index is 6.25. The number of hydrogen-bond acceptors (Lipinski definition) is 3. The van der Waals surface area contributed by atoms with Crippen molar-refractivity contribution in [3.05, 3.63) is 25.4 Å². The summed E-state index contributed by atoms with van der Waals surface area (Å²) in [6.07, 6.45) is 5.03. The average molecular weight is 147 g/mol. The first kappa shape index (κ1) is 7.15. The zero-order valence-corrected chi connectivity index (χ0v) is 5.57. The standard InChI is InChI=1S/C5H4N4.CN/c1-4-5(8-2-6-1)9-3-7-4;1-2/h1-3H,(H,6,7,8,9);/q;-1/p+1. The summed E-state index contributed by atoms with van der Waals surface area (Å²) in [5, 5.41) is 6.25. The Bertz CT molecular complexity index is 320. The van der Waals surface area contributed by atoms with Crippen LogP contribution in [0.2, 0.25) is 0 Å². The maximum Gasteiger partial charge on any atom is 0.294 e. The van der Waals surface area contributed by atoms with E-state index in [2.05, 4.69) is 19.9 Å². The van der Waals surface area contributed by atoms with Crippen LogP contribution in [-0.2, 0) is 0 Å². The van der Waals surface area contributed by atoms with E-state index in [0.717, 1.165) is 11.2 Å². The van der Waals surface area contributed by atoms with Crippen molar-refractivity contribution in [2.24, 2.45) is 0 Å². The number of aromatic nitrogens is 4. The van der Waals surface area contributed by atoms with E-state index in [4.69, 9.17) is 11.8 Å². The molecule has 0 saturated carbocycles. The highest BCUT2D eigenvalue weighted by Gasteiger charge is 1.98. The molecule has 0 aromatic carbocycles. The molecule has 0 spiro atoms. The van der Waals surface area contributed by atoms with Crippen LogP contribution < -0.4 is 4.98 Å². The summed E-state index contributed by atoms with van der Waals surface area (Å²) in [6.45, 7) is 4.75. The number of fused-ring (bicyclic) bond motifs is 1. The van der Waals surface area contributed by atoms with Crippen molar-refractivity contribution >= 4 is 11.2 Å². The van der Waals surface area contributed by atoms with E-state index in [1.165, 1.54) is 0 Å². The summed E-state index contributed by atoms with van der Waals surface area (Å²) < 4.78 is 0. The minimum atomic E-state index is 0.744. The van der Waals surface area contributed by atoms with Gasteiger partial charge in [-0.3, -0.25) is 0 Å². The molecule has 54 valence electrons. The fraction of sp³-hybridized carbons (Fsp3) is 0. The van der Waals surface area contributed by atoms with Crippen molar-refractivity contribution in [3.63, 3.8) is 0 Å². The molecule has 0 radical (unpaired) electrons. The zero-order valence-electron chi connectivity index (χ0n) is 5.57. The third-order valence-corrected chi connectivity index (χ3v) is 1.14. The smallest absolute Gasteiger partial charge is 0.294 e. The molecule has 2 heterocycles. The Kier molecular flexibility index (Phi) is 2.13. The summed E-state index contributed by atoms with van der Waals surface area (Å²) in [4.78, 5) is 13.6. The molecule has 11 heavy (non-hydrogen) atoms. The number of rotatable bonds is 0. The largest absolute Gasteiger partial charge is 0.512 e. The monoisotopic (exact) mass is 147 g/mol. The molecule has 5 heteroatoms. The van der Waals surface area contributed by atoms with Crippen LogP contribution in [0.5, 0.6) is 0 Å². The second-order valence-electron chi connectivity index (χ2n) is 1.71. The van der Waals surface area contributed by atoms with Crippen LogP contribution in [0.25, 0.3) is 11.2 Å². The Morgan fingerprint density at radius 3 is 3.00 bits per heavy atom. The summed E-state index contributed by atoms with van der Waals surface area (Å²) in [6, 6.07) is 0. The molecule has 2 N–H and O–H groups in total. The predicted octanol–water partition coefficient (Wildman–Crippen LogP) is -0.132. The van der Waals surface area contributed by atoms with Crippen molar-refractivity contribution in [2.45, 2.75) is 0 Å². The number of nitrogens with one attached hydrogen (secondary N) is 2. The van der Waals surface area contributed by atoms with E-state index < -0.39 is 0 Å². The number of H-pyrrole nitrogens is 2.